The molecule has 1 aliphatic carbocycles. The van der Waals surface area contributed by atoms with Gasteiger partial charge in [0.1, 0.15) is 16.7 Å². The molecule has 1 saturated carbocycles. The normalized spacial score (nSPS) is 28.0. The van der Waals surface area contributed by atoms with Crippen LogP contribution in [-0.4, -0.2) is 45.4 Å². The van der Waals surface area contributed by atoms with E-state index in [1.165, 1.54) is 6.92 Å². The quantitative estimate of drug-likeness (QED) is 0.710. The summed E-state index contributed by atoms with van der Waals surface area (Å²) in [6.07, 6.45) is -0.244. The van der Waals surface area contributed by atoms with Crippen LogP contribution in [-0.2, 0) is 9.53 Å². The number of nitrogens with one attached hydrogen (secondary N) is 1. The highest BCUT2D eigenvalue weighted by atomic mass is 16.6. The molecule has 3 N–H and O–H groups in total. The number of aliphatic hydroxyl groups excluding tert-OH is 1. The van der Waals surface area contributed by atoms with E-state index in [1.54, 1.807) is 20.8 Å². The Bertz CT molecular complexity index is 424. The molecule has 1 amide bonds. The van der Waals surface area contributed by atoms with E-state index in [0.29, 0.717) is 6.42 Å². The van der Waals surface area contributed by atoms with Gasteiger partial charge in [0.25, 0.3) is 0 Å². The number of carbonyl (C=O) groups is 2. The van der Waals surface area contributed by atoms with Gasteiger partial charge in [0.05, 0.1) is 6.61 Å². The van der Waals surface area contributed by atoms with Crippen LogP contribution in [0.5, 0.6) is 0 Å². The van der Waals surface area contributed by atoms with Gasteiger partial charge >= 0.3 is 6.09 Å². The van der Waals surface area contributed by atoms with Crippen LogP contribution in [0.15, 0.2) is 0 Å². The minimum Gasteiger partial charge on any atom is -0.444 e. The molecule has 122 valence electrons. The number of amides is 1. The third-order valence-corrected chi connectivity index (χ3v) is 3.75. The van der Waals surface area contributed by atoms with E-state index in [1.807, 2.05) is 13.8 Å². The van der Waals surface area contributed by atoms with Crippen molar-refractivity contribution in [2.24, 2.45) is 11.8 Å². The summed E-state index contributed by atoms with van der Waals surface area (Å²) in [5, 5.41) is 21.8. The monoisotopic (exact) mass is 301 g/mol. The summed E-state index contributed by atoms with van der Waals surface area (Å²) < 4.78 is 5.19. The number of ether oxygens (including phenoxy) is 1. The number of hydrogen-bond donors (Lipinski definition) is 3. The molecule has 1 rings (SSSR count). The number of hydrogen-bond acceptors (Lipinski definition) is 5. The number of aliphatic hydroxyl groups is 2. The van der Waals surface area contributed by atoms with Gasteiger partial charge < -0.3 is 20.3 Å². The molecular weight excluding hydrogens is 274 g/mol. The van der Waals surface area contributed by atoms with E-state index in [9.17, 15) is 19.8 Å². The van der Waals surface area contributed by atoms with Crippen molar-refractivity contribution >= 4 is 11.9 Å². The zero-order valence-electron chi connectivity index (χ0n) is 13.7. The maximum atomic E-state index is 12.5. The fourth-order valence-electron chi connectivity index (χ4n) is 2.59. The van der Waals surface area contributed by atoms with Crippen LogP contribution in [0.3, 0.4) is 0 Å². The lowest BCUT2D eigenvalue weighted by Crippen LogP contribution is -2.56. The number of alkyl carbamates (subject to hydrolysis) is 1. The fourth-order valence-corrected chi connectivity index (χ4v) is 2.59. The van der Waals surface area contributed by atoms with E-state index in [2.05, 4.69) is 5.32 Å². The average molecular weight is 301 g/mol. The van der Waals surface area contributed by atoms with Crippen LogP contribution >= 0.6 is 0 Å². The number of Topliss-reactive ketones (excluding diaryl/α,β-unsaturated/α-hetero) is 1. The van der Waals surface area contributed by atoms with E-state index in [-0.39, 0.29) is 11.8 Å². The first-order valence-corrected chi connectivity index (χ1v) is 7.25. The highest BCUT2D eigenvalue weighted by Crippen LogP contribution is 2.50. The summed E-state index contributed by atoms with van der Waals surface area (Å²) in [6.45, 7) is 9.67. The fraction of sp³-hybridized carbons (Fsp3) is 0.867. The summed E-state index contributed by atoms with van der Waals surface area (Å²) >= 11 is 0. The van der Waals surface area contributed by atoms with Crippen molar-refractivity contribution in [3.05, 3.63) is 0 Å². The lowest BCUT2D eigenvalue weighted by molar-refractivity contribution is -0.143. The summed E-state index contributed by atoms with van der Waals surface area (Å²) in [5.41, 5.74) is -3.70. The van der Waals surface area contributed by atoms with E-state index >= 15 is 0 Å². The largest absolute Gasteiger partial charge is 0.444 e. The second-order valence-electron chi connectivity index (χ2n) is 7.41. The highest BCUT2D eigenvalue weighted by molar-refractivity contribution is 6.00. The lowest BCUT2D eigenvalue weighted by atomic mass is 9.90. The zero-order valence-corrected chi connectivity index (χ0v) is 13.7. The van der Waals surface area contributed by atoms with Gasteiger partial charge in [0.2, 0.25) is 0 Å². The van der Waals surface area contributed by atoms with Crippen LogP contribution < -0.4 is 5.32 Å². The lowest BCUT2D eigenvalue weighted by Gasteiger charge is -2.29. The summed E-state index contributed by atoms with van der Waals surface area (Å²) in [4.78, 5) is 24.5. The van der Waals surface area contributed by atoms with Crippen molar-refractivity contribution in [2.45, 2.75) is 64.7 Å². The van der Waals surface area contributed by atoms with Crippen LogP contribution in [0.4, 0.5) is 4.79 Å². The molecule has 0 aromatic carbocycles. The summed E-state index contributed by atoms with van der Waals surface area (Å²) in [6, 6.07) is 0. The Morgan fingerprint density at radius 3 is 2.19 bits per heavy atom. The Labute approximate surface area is 125 Å². The molecule has 6 nitrogen and oxygen atoms in total. The molecular formula is C15H27NO5. The first-order valence-electron chi connectivity index (χ1n) is 7.25. The molecule has 6 heteroatoms. The number of carbonyl (C=O) groups excluding carboxylic acids is 2. The maximum Gasteiger partial charge on any atom is 0.408 e. The topological polar surface area (TPSA) is 95.9 Å². The molecule has 0 unspecified atom stereocenters. The first kappa shape index (κ1) is 17.9. The van der Waals surface area contributed by atoms with Crippen molar-refractivity contribution in [2.75, 3.05) is 6.61 Å². The smallest absolute Gasteiger partial charge is 0.408 e. The van der Waals surface area contributed by atoms with Gasteiger partial charge in [-0.2, -0.15) is 0 Å². The Morgan fingerprint density at radius 1 is 1.33 bits per heavy atom. The molecule has 3 atom stereocenters. The SMILES string of the molecule is CC(C)[C@@H]1C[C@]1(NC(=O)OC(C)(C)C)C(=O)[C@](C)(O)CO. The molecule has 21 heavy (non-hydrogen) atoms. The Kier molecular flexibility index (Phi) is 4.75. The van der Waals surface area contributed by atoms with Crippen LogP contribution in [0.1, 0.15) is 48.0 Å². The van der Waals surface area contributed by atoms with Gasteiger partial charge in [-0.05, 0) is 46.0 Å². The van der Waals surface area contributed by atoms with Crippen molar-refractivity contribution < 1.29 is 24.5 Å². The van der Waals surface area contributed by atoms with E-state index < -0.39 is 35.2 Å². The second kappa shape index (κ2) is 5.57. The maximum absolute atomic E-state index is 12.5. The molecule has 0 aromatic heterocycles. The highest BCUT2D eigenvalue weighted by Gasteiger charge is 2.65. The molecule has 0 saturated heterocycles. The molecule has 0 radical (unpaired) electrons. The Balaban J connectivity index is 2.93. The Hall–Kier alpha value is -1.14. The van der Waals surface area contributed by atoms with Gasteiger partial charge in [0, 0.05) is 0 Å². The van der Waals surface area contributed by atoms with Crippen molar-refractivity contribution in [1.29, 1.82) is 0 Å². The second-order valence-corrected chi connectivity index (χ2v) is 7.41. The minimum absolute atomic E-state index is 0.0736. The van der Waals surface area contributed by atoms with Crippen LogP contribution in [0.2, 0.25) is 0 Å². The van der Waals surface area contributed by atoms with E-state index in [4.69, 9.17) is 4.74 Å². The third kappa shape index (κ3) is 3.95. The summed E-state index contributed by atoms with van der Waals surface area (Å²) in [5.74, 6) is -0.476. The molecule has 0 aliphatic heterocycles. The van der Waals surface area contributed by atoms with Gasteiger partial charge in [-0.3, -0.25) is 4.79 Å². The molecule has 0 bridgehead atoms. The summed E-state index contributed by atoms with van der Waals surface area (Å²) in [7, 11) is 0. The van der Waals surface area contributed by atoms with Gasteiger partial charge in [-0.1, -0.05) is 13.8 Å². The van der Waals surface area contributed by atoms with Gasteiger partial charge in [-0.25, -0.2) is 4.79 Å². The first-order chi connectivity index (χ1) is 9.35. The predicted octanol–water partition coefficient (Wildman–Crippen LogP) is 1.24. The van der Waals surface area contributed by atoms with Crippen molar-refractivity contribution in [3.63, 3.8) is 0 Å². The van der Waals surface area contributed by atoms with Crippen molar-refractivity contribution in [3.8, 4) is 0 Å². The van der Waals surface area contributed by atoms with E-state index in [0.717, 1.165) is 0 Å². The standard InChI is InChI=1S/C15H27NO5/c1-9(2)10-7-15(10,11(18)14(6,20)8-17)16-12(19)21-13(3,4)5/h9-10,17,20H,7-8H2,1-6H3,(H,16,19)/t10-,14+,15+/m0/s1. The Morgan fingerprint density at radius 2 is 1.86 bits per heavy atom. The number of rotatable bonds is 5. The van der Waals surface area contributed by atoms with Gasteiger partial charge in [-0.15, -0.1) is 0 Å². The van der Waals surface area contributed by atoms with Crippen LogP contribution in [0.25, 0.3) is 0 Å². The number of ketones is 1. The molecule has 0 aromatic rings. The molecule has 1 aliphatic rings. The third-order valence-electron chi connectivity index (χ3n) is 3.75. The van der Waals surface area contributed by atoms with Gasteiger partial charge in [0.15, 0.2) is 5.78 Å². The molecule has 0 heterocycles. The van der Waals surface area contributed by atoms with Crippen LogP contribution in [0, 0.1) is 11.8 Å². The van der Waals surface area contributed by atoms with Crippen molar-refractivity contribution in [1.82, 2.24) is 5.32 Å². The zero-order chi connectivity index (χ0) is 16.6. The average Bonchev–Trinajstić information content (AvgIpc) is 3.01. The predicted molar refractivity (Wildman–Crippen MR) is 77.8 cm³/mol. The molecule has 0 spiro atoms. The molecule has 1 fully saturated rings. The minimum atomic E-state index is -1.88.